The molecule has 1 saturated heterocycles. The van der Waals surface area contributed by atoms with Crippen LogP contribution in [0.25, 0.3) is 0 Å². The summed E-state index contributed by atoms with van der Waals surface area (Å²) in [6, 6.07) is 0. The highest BCUT2D eigenvalue weighted by Gasteiger charge is 2.29. The fraction of sp³-hybridized carbons (Fsp3) is 0.750. The van der Waals surface area contributed by atoms with Gasteiger partial charge in [-0.05, 0) is 32.9 Å². The number of hydrogen-bond donors (Lipinski definition) is 1. The molecular formula is C12H19N3O. The first-order valence-corrected chi connectivity index (χ1v) is 6.17. The molecule has 4 heteroatoms. The van der Waals surface area contributed by atoms with Crippen molar-refractivity contribution < 1.29 is 5.11 Å². The van der Waals surface area contributed by atoms with E-state index in [1.807, 2.05) is 6.20 Å². The minimum Gasteiger partial charge on any atom is -0.387 e. The highest BCUT2D eigenvalue weighted by Crippen LogP contribution is 2.31. The second-order valence-corrected chi connectivity index (χ2v) is 5.10. The lowest BCUT2D eigenvalue weighted by Gasteiger charge is -2.22. The van der Waals surface area contributed by atoms with Crippen LogP contribution in [0.2, 0.25) is 0 Å². The highest BCUT2D eigenvalue weighted by molar-refractivity contribution is 5.15. The van der Waals surface area contributed by atoms with E-state index in [1.54, 1.807) is 0 Å². The Bertz CT molecular complexity index is 388. The summed E-state index contributed by atoms with van der Waals surface area (Å²) in [4.78, 5) is 6.89. The lowest BCUT2D eigenvalue weighted by atomic mass is 10.1. The zero-order valence-electron chi connectivity index (χ0n) is 9.76. The third-order valence-electron chi connectivity index (χ3n) is 3.87. The summed E-state index contributed by atoms with van der Waals surface area (Å²) < 4.78 is 2.25. The molecule has 0 radical (unpaired) electrons. The van der Waals surface area contributed by atoms with Gasteiger partial charge in [-0.1, -0.05) is 0 Å². The van der Waals surface area contributed by atoms with Crippen LogP contribution < -0.4 is 0 Å². The van der Waals surface area contributed by atoms with Crippen molar-refractivity contribution in [2.24, 2.45) is 0 Å². The Kier molecular flexibility index (Phi) is 2.48. The van der Waals surface area contributed by atoms with Crippen molar-refractivity contribution in [1.82, 2.24) is 14.5 Å². The van der Waals surface area contributed by atoms with E-state index in [4.69, 9.17) is 0 Å². The Hall–Kier alpha value is -0.870. The van der Waals surface area contributed by atoms with Gasteiger partial charge >= 0.3 is 0 Å². The molecule has 0 spiro atoms. The Morgan fingerprint density at radius 2 is 2.25 bits per heavy atom. The Labute approximate surface area is 95.9 Å². The molecule has 88 valence electrons. The second-order valence-electron chi connectivity index (χ2n) is 5.10. The van der Waals surface area contributed by atoms with E-state index < -0.39 is 0 Å². The maximum absolute atomic E-state index is 9.90. The number of imidazole rings is 1. The van der Waals surface area contributed by atoms with Crippen molar-refractivity contribution >= 4 is 0 Å². The number of nitrogens with zero attached hydrogens (tertiary/aromatic N) is 3. The molecule has 1 aromatic heterocycles. The molecule has 4 nitrogen and oxygen atoms in total. The predicted molar refractivity (Wildman–Crippen MR) is 61.3 cm³/mol. The standard InChI is InChI=1S/C12H19N3O/c1-14-6-4-9(8-14)12-13-7-10-11(16)3-2-5-15(10)12/h7,9,11,16H,2-6,8H2,1H3. The molecule has 0 aliphatic carbocycles. The number of aromatic nitrogens is 2. The van der Waals surface area contributed by atoms with Gasteiger partial charge in [-0.25, -0.2) is 4.98 Å². The van der Waals surface area contributed by atoms with Crippen LogP contribution in [-0.4, -0.2) is 39.7 Å². The SMILES string of the molecule is CN1CCC(c2ncc3n2CCCC3O)C1. The molecule has 0 aromatic carbocycles. The van der Waals surface area contributed by atoms with Crippen molar-refractivity contribution in [3.63, 3.8) is 0 Å². The van der Waals surface area contributed by atoms with Crippen LogP contribution in [0.1, 0.15) is 42.8 Å². The largest absolute Gasteiger partial charge is 0.387 e. The minimum atomic E-state index is -0.297. The van der Waals surface area contributed by atoms with Gasteiger partial charge in [-0.3, -0.25) is 0 Å². The van der Waals surface area contributed by atoms with Gasteiger partial charge in [0, 0.05) is 19.0 Å². The third-order valence-corrected chi connectivity index (χ3v) is 3.87. The summed E-state index contributed by atoms with van der Waals surface area (Å²) in [5.74, 6) is 1.75. The zero-order valence-corrected chi connectivity index (χ0v) is 9.76. The summed E-state index contributed by atoms with van der Waals surface area (Å²) in [6.45, 7) is 3.30. The number of hydrogen-bond acceptors (Lipinski definition) is 3. The summed E-state index contributed by atoms with van der Waals surface area (Å²) in [5.41, 5.74) is 1.02. The first-order chi connectivity index (χ1) is 7.75. The summed E-state index contributed by atoms with van der Waals surface area (Å²) >= 11 is 0. The van der Waals surface area contributed by atoms with Crippen molar-refractivity contribution in [3.8, 4) is 0 Å². The Balaban J connectivity index is 1.91. The zero-order chi connectivity index (χ0) is 11.1. The molecule has 1 fully saturated rings. The number of aliphatic hydroxyl groups is 1. The molecule has 3 heterocycles. The smallest absolute Gasteiger partial charge is 0.113 e. The van der Waals surface area contributed by atoms with E-state index >= 15 is 0 Å². The molecule has 16 heavy (non-hydrogen) atoms. The van der Waals surface area contributed by atoms with Crippen LogP contribution in [0.4, 0.5) is 0 Å². The van der Waals surface area contributed by atoms with E-state index in [0.29, 0.717) is 5.92 Å². The molecule has 2 aliphatic rings. The van der Waals surface area contributed by atoms with Crippen molar-refractivity contribution in [3.05, 3.63) is 17.7 Å². The summed E-state index contributed by atoms with van der Waals surface area (Å²) in [6.07, 6.45) is 4.73. The van der Waals surface area contributed by atoms with Crippen molar-refractivity contribution in [2.75, 3.05) is 20.1 Å². The maximum atomic E-state index is 9.90. The second kappa shape index (κ2) is 3.86. The monoisotopic (exact) mass is 221 g/mol. The quantitative estimate of drug-likeness (QED) is 0.773. The molecule has 2 unspecified atom stereocenters. The molecule has 3 rings (SSSR count). The third kappa shape index (κ3) is 1.57. The van der Waals surface area contributed by atoms with Crippen LogP contribution >= 0.6 is 0 Å². The van der Waals surface area contributed by atoms with Gasteiger partial charge in [0.25, 0.3) is 0 Å². The number of likely N-dealkylation sites (tertiary alicyclic amines) is 1. The number of fused-ring (bicyclic) bond motifs is 1. The van der Waals surface area contributed by atoms with E-state index in [2.05, 4.69) is 21.5 Å². The first kappa shape index (κ1) is 10.3. The van der Waals surface area contributed by atoms with Gasteiger partial charge in [0.2, 0.25) is 0 Å². The molecule has 1 N–H and O–H groups in total. The average molecular weight is 221 g/mol. The minimum absolute atomic E-state index is 0.297. The number of rotatable bonds is 1. The van der Waals surface area contributed by atoms with Crippen LogP contribution in [0, 0.1) is 0 Å². The summed E-state index contributed by atoms with van der Waals surface area (Å²) in [5, 5.41) is 9.90. The molecule has 2 atom stereocenters. The molecule has 0 saturated carbocycles. The molecule has 0 bridgehead atoms. The molecule has 2 aliphatic heterocycles. The Morgan fingerprint density at radius 3 is 3.00 bits per heavy atom. The average Bonchev–Trinajstić information content (AvgIpc) is 2.84. The lowest BCUT2D eigenvalue weighted by Crippen LogP contribution is -2.20. The maximum Gasteiger partial charge on any atom is 0.113 e. The number of likely N-dealkylation sites (N-methyl/N-ethyl adjacent to an activating group) is 1. The van der Waals surface area contributed by atoms with Gasteiger partial charge in [0.1, 0.15) is 5.82 Å². The van der Waals surface area contributed by atoms with Crippen LogP contribution in [0.3, 0.4) is 0 Å². The van der Waals surface area contributed by atoms with Gasteiger partial charge < -0.3 is 14.6 Å². The summed E-state index contributed by atoms with van der Waals surface area (Å²) in [7, 11) is 2.16. The van der Waals surface area contributed by atoms with Gasteiger partial charge in [0.05, 0.1) is 18.0 Å². The topological polar surface area (TPSA) is 41.3 Å². The van der Waals surface area contributed by atoms with E-state index in [1.165, 1.54) is 12.2 Å². The van der Waals surface area contributed by atoms with Gasteiger partial charge in [-0.2, -0.15) is 0 Å². The first-order valence-electron chi connectivity index (χ1n) is 6.17. The fourth-order valence-corrected chi connectivity index (χ4v) is 2.98. The van der Waals surface area contributed by atoms with Crippen molar-refractivity contribution in [1.29, 1.82) is 0 Å². The van der Waals surface area contributed by atoms with Crippen LogP contribution in [0.5, 0.6) is 0 Å². The lowest BCUT2D eigenvalue weighted by molar-refractivity contribution is 0.138. The fourth-order valence-electron chi connectivity index (χ4n) is 2.98. The normalized spacial score (nSPS) is 30.6. The van der Waals surface area contributed by atoms with Crippen LogP contribution in [0.15, 0.2) is 6.20 Å². The van der Waals surface area contributed by atoms with Crippen LogP contribution in [-0.2, 0) is 6.54 Å². The van der Waals surface area contributed by atoms with Gasteiger partial charge in [0.15, 0.2) is 0 Å². The molecule has 0 amide bonds. The highest BCUT2D eigenvalue weighted by atomic mass is 16.3. The van der Waals surface area contributed by atoms with E-state index in [0.717, 1.165) is 38.2 Å². The number of aliphatic hydroxyl groups excluding tert-OH is 1. The molecule has 1 aromatic rings. The molecular weight excluding hydrogens is 202 g/mol. The van der Waals surface area contributed by atoms with E-state index in [9.17, 15) is 5.11 Å². The van der Waals surface area contributed by atoms with Gasteiger partial charge in [-0.15, -0.1) is 0 Å². The Morgan fingerprint density at radius 1 is 1.38 bits per heavy atom. The van der Waals surface area contributed by atoms with E-state index in [-0.39, 0.29) is 6.10 Å². The predicted octanol–water partition coefficient (Wildman–Crippen LogP) is 1.13. The van der Waals surface area contributed by atoms with Crippen molar-refractivity contribution in [2.45, 2.75) is 37.8 Å².